The van der Waals surface area contributed by atoms with Gasteiger partial charge >= 0.3 is 0 Å². The van der Waals surface area contributed by atoms with Gasteiger partial charge in [0.05, 0.1) is 30.0 Å². The van der Waals surface area contributed by atoms with Crippen molar-refractivity contribution in [2.75, 3.05) is 0 Å². The molecule has 1 unspecified atom stereocenters. The van der Waals surface area contributed by atoms with Gasteiger partial charge in [0.25, 0.3) is 0 Å². The second kappa shape index (κ2) is 5.84. The zero-order valence-corrected chi connectivity index (χ0v) is 12.0. The molecule has 1 atom stereocenters. The highest BCUT2D eigenvalue weighted by Gasteiger charge is 2.14. The number of imidazole rings is 1. The van der Waals surface area contributed by atoms with Gasteiger partial charge < -0.3 is 9.67 Å². The third-order valence-corrected chi connectivity index (χ3v) is 3.79. The Kier molecular flexibility index (Phi) is 3.90. The predicted molar refractivity (Wildman–Crippen MR) is 80.9 cm³/mol. The largest absolute Gasteiger partial charge is 0.391 e. The Balaban J connectivity index is 1.79. The minimum absolute atomic E-state index is 0.165. The van der Waals surface area contributed by atoms with Crippen molar-refractivity contribution in [1.29, 1.82) is 0 Å². The van der Waals surface area contributed by atoms with Gasteiger partial charge in [-0.25, -0.2) is 9.37 Å². The fourth-order valence-corrected chi connectivity index (χ4v) is 2.65. The Morgan fingerprint density at radius 2 is 2.00 bits per heavy atom. The topological polar surface area (TPSA) is 38.0 Å². The highest BCUT2D eigenvalue weighted by atomic mass is 35.5. The third-order valence-electron chi connectivity index (χ3n) is 3.44. The van der Waals surface area contributed by atoms with E-state index < -0.39 is 11.9 Å². The van der Waals surface area contributed by atoms with Crippen LogP contribution in [0.2, 0.25) is 5.02 Å². The number of nitrogens with zero attached hydrogens (tertiary/aromatic N) is 2. The molecular weight excluding hydrogens is 291 g/mol. The summed E-state index contributed by atoms with van der Waals surface area (Å²) in [6.07, 6.45) is 1.10. The van der Waals surface area contributed by atoms with Crippen LogP contribution >= 0.6 is 11.6 Å². The molecule has 1 heterocycles. The molecule has 2 aromatic carbocycles. The summed E-state index contributed by atoms with van der Waals surface area (Å²) in [6.45, 7) is 0.338. The Morgan fingerprint density at radius 3 is 2.81 bits per heavy atom. The molecular formula is C16H14ClFN2O. The first-order chi connectivity index (χ1) is 10.1. The molecule has 0 bridgehead atoms. The Morgan fingerprint density at radius 1 is 1.19 bits per heavy atom. The van der Waals surface area contributed by atoms with Gasteiger partial charge in [-0.3, -0.25) is 0 Å². The van der Waals surface area contributed by atoms with E-state index >= 15 is 0 Å². The SMILES string of the molecule is OC(Cc1c(F)cccc1Cl)Cn1cnc2ccccc21. The molecule has 1 aromatic heterocycles. The van der Waals surface area contributed by atoms with Crippen LogP contribution in [0.15, 0.2) is 48.8 Å². The van der Waals surface area contributed by atoms with Crippen LogP contribution in [-0.2, 0) is 13.0 Å². The molecule has 0 spiro atoms. The fourth-order valence-electron chi connectivity index (χ4n) is 2.41. The number of benzene rings is 2. The van der Waals surface area contributed by atoms with Crippen molar-refractivity contribution in [3.8, 4) is 0 Å². The van der Waals surface area contributed by atoms with E-state index in [1.54, 1.807) is 18.5 Å². The maximum absolute atomic E-state index is 13.7. The summed E-state index contributed by atoms with van der Waals surface area (Å²) in [6, 6.07) is 12.2. The fraction of sp³-hybridized carbons (Fsp3) is 0.188. The molecule has 0 radical (unpaired) electrons. The van der Waals surface area contributed by atoms with E-state index in [4.69, 9.17) is 11.6 Å². The molecule has 0 aliphatic rings. The molecule has 0 aliphatic heterocycles. The Bertz CT molecular complexity index is 752. The van der Waals surface area contributed by atoms with Crippen LogP contribution in [0.4, 0.5) is 4.39 Å². The smallest absolute Gasteiger partial charge is 0.127 e. The third kappa shape index (κ3) is 2.91. The molecule has 0 saturated heterocycles. The molecule has 3 aromatic rings. The predicted octanol–water partition coefficient (Wildman–Crippen LogP) is 3.43. The van der Waals surface area contributed by atoms with Crippen molar-refractivity contribution in [3.63, 3.8) is 0 Å². The van der Waals surface area contributed by atoms with E-state index in [0.717, 1.165) is 11.0 Å². The Labute approximate surface area is 126 Å². The van der Waals surface area contributed by atoms with Crippen LogP contribution in [0.1, 0.15) is 5.56 Å². The zero-order chi connectivity index (χ0) is 14.8. The van der Waals surface area contributed by atoms with Crippen LogP contribution in [0.5, 0.6) is 0 Å². The number of hydrogen-bond donors (Lipinski definition) is 1. The standard InChI is InChI=1S/C16H14ClFN2O/c17-13-4-3-5-14(18)12(13)8-11(21)9-20-10-19-15-6-1-2-7-16(15)20/h1-7,10-11,21H,8-9H2. The molecule has 0 amide bonds. The number of halogens is 2. The van der Waals surface area contributed by atoms with E-state index in [9.17, 15) is 9.50 Å². The van der Waals surface area contributed by atoms with Gasteiger partial charge in [0.1, 0.15) is 5.82 Å². The van der Waals surface area contributed by atoms with Crippen molar-refractivity contribution in [2.45, 2.75) is 19.1 Å². The maximum Gasteiger partial charge on any atom is 0.127 e. The molecule has 3 rings (SSSR count). The lowest BCUT2D eigenvalue weighted by Crippen LogP contribution is -2.19. The minimum atomic E-state index is -0.739. The lowest BCUT2D eigenvalue weighted by Gasteiger charge is -2.13. The Hall–Kier alpha value is -1.91. The van der Waals surface area contributed by atoms with Crippen molar-refractivity contribution >= 4 is 22.6 Å². The second-order valence-corrected chi connectivity index (χ2v) is 5.35. The highest BCUT2D eigenvalue weighted by Crippen LogP contribution is 2.21. The van der Waals surface area contributed by atoms with Crippen molar-refractivity contribution in [3.05, 3.63) is 65.2 Å². The lowest BCUT2D eigenvalue weighted by molar-refractivity contribution is 0.154. The van der Waals surface area contributed by atoms with Crippen LogP contribution in [0, 0.1) is 5.82 Å². The van der Waals surface area contributed by atoms with E-state index in [-0.39, 0.29) is 6.42 Å². The van der Waals surface area contributed by atoms with E-state index in [0.29, 0.717) is 17.1 Å². The summed E-state index contributed by atoms with van der Waals surface area (Å²) >= 11 is 5.98. The summed E-state index contributed by atoms with van der Waals surface area (Å²) in [7, 11) is 0. The summed E-state index contributed by atoms with van der Waals surface area (Å²) < 4.78 is 15.6. The van der Waals surface area contributed by atoms with Crippen LogP contribution in [-0.4, -0.2) is 20.8 Å². The summed E-state index contributed by atoms with van der Waals surface area (Å²) in [5, 5.41) is 10.5. The molecule has 0 aliphatic carbocycles. The van der Waals surface area contributed by atoms with Crippen molar-refractivity contribution in [2.24, 2.45) is 0 Å². The van der Waals surface area contributed by atoms with Gasteiger partial charge in [0.15, 0.2) is 0 Å². The van der Waals surface area contributed by atoms with Crippen LogP contribution in [0.3, 0.4) is 0 Å². The maximum atomic E-state index is 13.7. The monoisotopic (exact) mass is 304 g/mol. The molecule has 5 heteroatoms. The van der Waals surface area contributed by atoms with E-state index in [1.165, 1.54) is 6.07 Å². The molecule has 21 heavy (non-hydrogen) atoms. The van der Waals surface area contributed by atoms with Gasteiger partial charge in [0.2, 0.25) is 0 Å². The number of hydrogen-bond acceptors (Lipinski definition) is 2. The first kappa shape index (κ1) is 14.0. The van der Waals surface area contributed by atoms with Crippen LogP contribution < -0.4 is 0 Å². The van der Waals surface area contributed by atoms with Crippen molar-refractivity contribution in [1.82, 2.24) is 9.55 Å². The molecule has 1 N–H and O–H groups in total. The number of aliphatic hydroxyl groups is 1. The second-order valence-electron chi connectivity index (χ2n) is 4.94. The normalized spacial score (nSPS) is 12.7. The summed E-state index contributed by atoms with van der Waals surface area (Å²) in [4.78, 5) is 4.27. The average Bonchev–Trinajstić information content (AvgIpc) is 2.87. The van der Waals surface area contributed by atoms with E-state index in [1.807, 2.05) is 28.8 Å². The first-order valence-corrected chi connectivity index (χ1v) is 7.04. The molecule has 0 saturated carbocycles. The van der Waals surface area contributed by atoms with Gasteiger partial charge in [-0.05, 0) is 24.3 Å². The van der Waals surface area contributed by atoms with Gasteiger partial charge in [-0.2, -0.15) is 0 Å². The molecule has 108 valence electrons. The zero-order valence-electron chi connectivity index (χ0n) is 11.2. The van der Waals surface area contributed by atoms with Gasteiger partial charge in [0, 0.05) is 17.0 Å². The number of para-hydroxylation sites is 2. The van der Waals surface area contributed by atoms with Crippen molar-refractivity contribution < 1.29 is 9.50 Å². The quantitative estimate of drug-likeness (QED) is 0.802. The van der Waals surface area contributed by atoms with Gasteiger partial charge in [-0.1, -0.05) is 29.8 Å². The van der Waals surface area contributed by atoms with Gasteiger partial charge in [-0.15, -0.1) is 0 Å². The number of aliphatic hydroxyl groups excluding tert-OH is 1. The van der Waals surface area contributed by atoms with Crippen LogP contribution in [0.25, 0.3) is 11.0 Å². The average molecular weight is 305 g/mol. The first-order valence-electron chi connectivity index (χ1n) is 6.66. The molecule has 0 fully saturated rings. The lowest BCUT2D eigenvalue weighted by atomic mass is 10.1. The number of fused-ring (bicyclic) bond motifs is 1. The number of aromatic nitrogens is 2. The summed E-state index contributed by atoms with van der Waals surface area (Å²) in [5.41, 5.74) is 2.15. The highest BCUT2D eigenvalue weighted by molar-refractivity contribution is 6.31. The molecule has 3 nitrogen and oxygen atoms in total. The minimum Gasteiger partial charge on any atom is -0.391 e. The number of rotatable bonds is 4. The summed E-state index contributed by atoms with van der Waals surface area (Å²) in [5.74, 6) is -0.392. The van der Waals surface area contributed by atoms with E-state index in [2.05, 4.69) is 4.98 Å².